The van der Waals surface area contributed by atoms with Gasteiger partial charge in [0.05, 0.1) is 0 Å². The monoisotopic (exact) mass is 317 g/mol. The molecule has 1 heterocycles. The Labute approximate surface area is 126 Å². The fraction of sp³-hybridized carbons (Fsp3) is 0.500. The topological polar surface area (TPSA) is 53.6 Å². The van der Waals surface area contributed by atoms with Crippen molar-refractivity contribution in [1.29, 1.82) is 0 Å². The van der Waals surface area contributed by atoms with Crippen LogP contribution in [0.4, 0.5) is 23.7 Å². The van der Waals surface area contributed by atoms with E-state index in [0.29, 0.717) is 0 Å². The van der Waals surface area contributed by atoms with Gasteiger partial charge in [0.1, 0.15) is 5.75 Å². The molecule has 1 aromatic carbocycles. The number of alkyl halides is 3. The third-order valence-electron chi connectivity index (χ3n) is 3.38. The van der Waals surface area contributed by atoms with E-state index in [9.17, 15) is 18.0 Å². The Balaban J connectivity index is 1.87. The number of nitrogens with one attached hydrogen (secondary N) is 2. The number of piperidine rings is 1. The molecule has 8 heteroatoms. The Bertz CT molecular complexity index is 514. The molecule has 1 saturated heterocycles. The lowest BCUT2D eigenvalue weighted by atomic mass is 10.1. The van der Waals surface area contributed by atoms with Crippen molar-refractivity contribution >= 4 is 11.7 Å². The molecule has 0 unspecified atom stereocenters. The maximum absolute atomic E-state index is 12.2. The first kappa shape index (κ1) is 16.4. The van der Waals surface area contributed by atoms with Crippen molar-refractivity contribution in [3.05, 3.63) is 24.3 Å². The average Bonchev–Trinajstić information content (AvgIpc) is 2.40. The maximum Gasteiger partial charge on any atom is 0.573 e. The van der Waals surface area contributed by atoms with Crippen LogP contribution in [0.2, 0.25) is 0 Å². The number of urea groups is 1. The van der Waals surface area contributed by atoms with E-state index in [1.54, 1.807) is 0 Å². The van der Waals surface area contributed by atoms with Crippen molar-refractivity contribution in [2.75, 3.05) is 25.5 Å². The van der Waals surface area contributed by atoms with Crippen molar-refractivity contribution in [3.8, 4) is 5.75 Å². The van der Waals surface area contributed by atoms with Crippen LogP contribution < -0.4 is 15.4 Å². The lowest BCUT2D eigenvalue weighted by Crippen LogP contribution is -2.44. The maximum atomic E-state index is 12.2. The highest BCUT2D eigenvalue weighted by Gasteiger charge is 2.31. The van der Waals surface area contributed by atoms with Gasteiger partial charge in [-0.2, -0.15) is 0 Å². The standard InChI is InChI=1S/C14H18F3N3O2/c1-20-7-5-10(6-8-20)18-13(21)19-11-3-2-4-12(9-11)22-14(15,16)17/h2-4,9-10H,5-8H2,1H3,(H2,18,19,21). The highest BCUT2D eigenvalue weighted by atomic mass is 19.4. The number of hydrogen-bond donors (Lipinski definition) is 2. The summed E-state index contributed by atoms with van der Waals surface area (Å²) in [6, 6.07) is 4.82. The smallest absolute Gasteiger partial charge is 0.406 e. The van der Waals surface area contributed by atoms with E-state index in [4.69, 9.17) is 0 Å². The van der Waals surface area contributed by atoms with Crippen LogP contribution in [0.3, 0.4) is 0 Å². The molecule has 122 valence electrons. The van der Waals surface area contributed by atoms with E-state index < -0.39 is 12.4 Å². The third-order valence-corrected chi connectivity index (χ3v) is 3.38. The SMILES string of the molecule is CN1CCC(NC(=O)Nc2cccc(OC(F)(F)F)c2)CC1. The summed E-state index contributed by atoms with van der Waals surface area (Å²) in [6.45, 7) is 1.81. The number of hydrogen-bond acceptors (Lipinski definition) is 3. The van der Waals surface area contributed by atoms with Gasteiger partial charge in [-0.05, 0) is 45.1 Å². The first-order valence-electron chi connectivity index (χ1n) is 6.94. The zero-order valence-electron chi connectivity index (χ0n) is 12.1. The number of anilines is 1. The third kappa shape index (κ3) is 5.44. The van der Waals surface area contributed by atoms with E-state index in [0.717, 1.165) is 32.0 Å². The molecule has 1 aromatic rings. The van der Waals surface area contributed by atoms with Gasteiger partial charge in [-0.25, -0.2) is 4.79 Å². The number of benzene rings is 1. The first-order valence-corrected chi connectivity index (χ1v) is 6.94. The minimum absolute atomic E-state index is 0.0748. The first-order chi connectivity index (χ1) is 10.3. The molecule has 0 aromatic heterocycles. The van der Waals surface area contributed by atoms with E-state index in [1.807, 2.05) is 7.05 Å². The summed E-state index contributed by atoms with van der Waals surface area (Å²) in [5.74, 6) is -0.371. The number of carbonyl (C=O) groups excluding carboxylic acids is 1. The molecule has 0 radical (unpaired) electrons. The van der Waals surface area contributed by atoms with E-state index in [1.165, 1.54) is 18.2 Å². The van der Waals surface area contributed by atoms with Crippen LogP contribution in [-0.4, -0.2) is 43.5 Å². The summed E-state index contributed by atoms with van der Waals surface area (Å²) < 4.78 is 40.3. The van der Waals surface area contributed by atoms with Crippen molar-refractivity contribution < 1.29 is 22.7 Å². The molecule has 5 nitrogen and oxygen atoms in total. The van der Waals surface area contributed by atoms with E-state index in [-0.39, 0.29) is 17.5 Å². The highest BCUT2D eigenvalue weighted by molar-refractivity contribution is 5.89. The summed E-state index contributed by atoms with van der Waals surface area (Å²) in [6.07, 6.45) is -3.06. The molecule has 2 N–H and O–H groups in total. The molecule has 1 aliphatic heterocycles. The minimum atomic E-state index is -4.75. The molecule has 1 aliphatic rings. The number of halogens is 3. The molecule has 0 saturated carbocycles. The molecular weight excluding hydrogens is 299 g/mol. The molecule has 0 spiro atoms. The largest absolute Gasteiger partial charge is 0.573 e. The number of amides is 2. The van der Waals surface area contributed by atoms with Gasteiger partial charge in [0.2, 0.25) is 0 Å². The normalized spacial score (nSPS) is 17.1. The van der Waals surface area contributed by atoms with Gasteiger partial charge in [0.25, 0.3) is 0 Å². The van der Waals surface area contributed by atoms with Crippen molar-refractivity contribution in [3.63, 3.8) is 0 Å². The van der Waals surface area contributed by atoms with Crippen LogP contribution >= 0.6 is 0 Å². The molecule has 0 aliphatic carbocycles. The molecule has 0 bridgehead atoms. The van der Waals surface area contributed by atoms with Crippen molar-refractivity contribution in [2.24, 2.45) is 0 Å². The predicted octanol–water partition coefficient (Wildman–Crippen LogP) is 2.80. The van der Waals surface area contributed by atoms with Gasteiger partial charge in [-0.3, -0.25) is 0 Å². The zero-order valence-corrected chi connectivity index (χ0v) is 12.1. The Hall–Kier alpha value is -1.96. The van der Waals surface area contributed by atoms with Crippen LogP contribution in [-0.2, 0) is 0 Å². The molecule has 22 heavy (non-hydrogen) atoms. The second-order valence-electron chi connectivity index (χ2n) is 5.25. The molecular formula is C14H18F3N3O2. The predicted molar refractivity (Wildman–Crippen MR) is 75.8 cm³/mol. The van der Waals surface area contributed by atoms with Gasteiger partial charge in [-0.1, -0.05) is 6.07 Å². The molecule has 2 amide bonds. The van der Waals surface area contributed by atoms with Crippen LogP contribution in [0.15, 0.2) is 24.3 Å². The number of rotatable bonds is 3. The molecule has 1 fully saturated rings. The Morgan fingerprint density at radius 1 is 1.32 bits per heavy atom. The van der Waals surface area contributed by atoms with Gasteiger partial charge < -0.3 is 20.3 Å². The summed E-state index contributed by atoms with van der Waals surface area (Å²) >= 11 is 0. The molecule has 2 rings (SSSR count). The lowest BCUT2D eigenvalue weighted by Gasteiger charge is -2.29. The zero-order chi connectivity index (χ0) is 16.2. The fourth-order valence-corrected chi connectivity index (χ4v) is 2.28. The summed E-state index contributed by atoms with van der Waals surface area (Å²) in [5.41, 5.74) is 0.243. The number of ether oxygens (including phenoxy) is 1. The summed E-state index contributed by atoms with van der Waals surface area (Å²) in [5, 5.41) is 5.33. The van der Waals surface area contributed by atoms with Crippen LogP contribution in [0.25, 0.3) is 0 Å². The van der Waals surface area contributed by atoms with Crippen molar-refractivity contribution in [1.82, 2.24) is 10.2 Å². The Morgan fingerprint density at radius 3 is 2.64 bits per heavy atom. The quantitative estimate of drug-likeness (QED) is 0.901. The van der Waals surface area contributed by atoms with Crippen LogP contribution in [0.5, 0.6) is 5.75 Å². The second-order valence-corrected chi connectivity index (χ2v) is 5.25. The Morgan fingerprint density at radius 2 is 2.00 bits per heavy atom. The van der Waals surface area contributed by atoms with Gasteiger partial charge in [0, 0.05) is 17.8 Å². The minimum Gasteiger partial charge on any atom is -0.406 e. The summed E-state index contributed by atoms with van der Waals surface area (Å²) in [4.78, 5) is 14.0. The second kappa shape index (κ2) is 6.87. The lowest BCUT2D eigenvalue weighted by molar-refractivity contribution is -0.274. The van der Waals surface area contributed by atoms with E-state index in [2.05, 4.69) is 20.3 Å². The van der Waals surface area contributed by atoms with Gasteiger partial charge >= 0.3 is 12.4 Å². The Kier molecular flexibility index (Phi) is 5.12. The van der Waals surface area contributed by atoms with Gasteiger partial charge in [-0.15, -0.1) is 13.2 Å². The van der Waals surface area contributed by atoms with Gasteiger partial charge in [0.15, 0.2) is 0 Å². The highest BCUT2D eigenvalue weighted by Crippen LogP contribution is 2.25. The molecule has 0 atom stereocenters. The van der Waals surface area contributed by atoms with Crippen LogP contribution in [0.1, 0.15) is 12.8 Å². The van der Waals surface area contributed by atoms with E-state index >= 15 is 0 Å². The number of nitrogens with zero attached hydrogens (tertiary/aromatic N) is 1. The number of carbonyl (C=O) groups is 1. The average molecular weight is 317 g/mol. The van der Waals surface area contributed by atoms with Crippen molar-refractivity contribution in [2.45, 2.75) is 25.2 Å². The summed E-state index contributed by atoms with van der Waals surface area (Å²) in [7, 11) is 2.02. The van der Waals surface area contributed by atoms with Crippen LogP contribution in [0, 0.1) is 0 Å². The fourth-order valence-electron chi connectivity index (χ4n) is 2.28. The number of likely N-dealkylation sites (tertiary alicyclic amines) is 1.